The molecule has 2 N–H and O–H groups in total. The number of pyridine rings is 1. The number of urea groups is 1. The van der Waals surface area contributed by atoms with E-state index in [4.69, 9.17) is 33.9 Å². The Morgan fingerprint density at radius 2 is 1.80 bits per heavy atom. The van der Waals surface area contributed by atoms with Crippen molar-refractivity contribution in [2.24, 2.45) is 11.7 Å². The number of benzene rings is 1. The average molecular weight is 580 g/mol. The standard InChI is InChI=1S/C26H29BrCl2N4O2/c27-18-10-17-4-3-16-11-19(28)12-21(29)23(16)24(25(17)31-14-18)15-5-8-32(9-6-15)22(34)13-20-2-1-7-33(20)26(30)35/h10-12,14-15,20,24H,1-9,13H2,(H2,30,35)/t20-,24?/m0/s1. The lowest BCUT2D eigenvalue weighted by Gasteiger charge is -2.37. The molecule has 0 radical (unpaired) electrons. The first-order valence-corrected chi connectivity index (χ1v) is 13.8. The molecule has 2 aromatic rings. The molecule has 3 aliphatic rings. The van der Waals surface area contributed by atoms with Crippen molar-refractivity contribution >= 4 is 51.1 Å². The maximum absolute atomic E-state index is 13.1. The maximum atomic E-state index is 13.1. The first-order chi connectivity index (χ1) is 16.8. The highest BCUT2D eigenvalue weighted by molar-refractivity contribution is 9.10. The molecule has 1 aliphatic carbocycles. The lowest BCUT2D eigenvalue weighted by atomic mass is 9.76. The Balaban J connectivity index is 1.36. The van der Waals surface area contributed by atoms with E-state index >= 15 is 0 Å². The summed E-state index contributed by atoms with van der Waals surface area (Å²) in [6.07, 6.45) is 7.45. The van der Waals surface area contributed by atoms with Crippen LogP contribution in [0.3, 0.4) is 0 Å². The van der Waals surface area contributed by atoms with Crippen LogP contribution in [0, 0.1) is 5.92 Å². The number of primary amides is 1. The van der Waals surface area contributed by atoms with Crippen LogP contribution in [-0.4, -0.2) is 52.4 Å². The molecular weight excluding hydrogens is 551 g/mol. The number of nitrogens with zero attached hydrogens (tertiary/aromatic N) is 3. The number of aryl methyl sites for hydroxylation is 2. The van der Waals surface area contributed by atoms with E-state index < -0.39 is 6.03 Å². The van der Waals surface area contributed by atoms with Crippen LogP contribution in [0.15, 0.2) is 28.9 Å². The third-order valence-corrected chi connectivity index (χ3v) is 8.82. The summed E-state index contributed by atoms with van der Waals surface area (Å²) in [6, 6.07) is 5.54. The number of halogens is 3. The highest BCUT2D eigenvalue weighted by Crippen LogP contribution is 2.46. The SMILES string of the molecule is NC(=O)N1CCC[C@H]1CC(=O)N1CCC(C2c3ncc(Br)cc3CCc3cc(Cl)cc(Cl)c32)CC1. The number of carbonyl (C=O) groups is 2. The minimum atomic E-state index is -0.430. The lowest BCUT2D eigenvalue weighted by molar-refractivity contribution is -0.133. The normalized spacial score (nSPS) is 22.5. The molecule has 1 unspecified atom stereocenters. The molecule has 2 fully saturated rings. The molecule has 186 valence electrons. The molecule has 6 nitrogen and oxygen atoms in total. The number of aromatic nitrogens is 1. The Bertz CT molecular complexity index is 1150. The fraction of sp³-hybridized carbons (Fsp3) is 0.500. The van der Waals surface area contributed by atoms with E-state index in [2.05, 4.69) is 22.0 Å². The number of carbonyl (C=O) groups excluding carboxylic acids is 2. The number of likely N-dealkylation sites (tertiary alicyclic amines) is 2. The van der Waals surface area contributed by atoms with Crippen LogP contribution in [0.1, 0.15) is 60.4 Å². The number of amides is 3. The number of nitrogens with two attached hydrogens (primary N) is 1. The van der Waals surface area contributed by atoms with E-state index in [0.717, 1.165) is 54.3 Å². The van der Waals surface area contributed by atoms with Crippen molar-refractivity contribution in [2.45, 2.75) is 56.9 Å². The van der Waals surface area contributed by atoms with Crippen LogP contribution in [0.4, 0.5) is 4.79 Å². The molecule has 3 amide bonds. The van der Waals surface area contributed by atoms with Crippen molar-refractivity contribution in [2.75, 3.05) is 19.6 Å². The molecule has 2 atom stereocenters. The lowest BCUT2D eigenvalue weighted by Crippen LogP contribution is -2.45. The van der Waals surface area contributed by atoms with Crippen molar-refractivity contribution in [1.82, 2.24) is 14.8 Å². The zero-order chi connectivity index (χ0) is 24.7. The molecule has 0 bridgehead atoms. The van der Waals surface area contributed by atoms with Gasteiger partial charge in [-0.25, -0.2) is 4.79 Å². The van der Waals surface area contributed by atoms with Gasteiger partial charge >= 0.3 is 6.03 Å². The smallest absolute Gasteiger partial charge is 0.315 e. The first kappa shape index (κ1) is 24.8. The van der Waals surface area contributed by atoms with E-state index in [0.29, 0.717) is 42.0 Å². The van der Waals surface area contributed by atoms with E-state index in [1.54, 1.807) is 4.90 Å². The Kier molecular flexibility index (Phi) is 7.29. The van der Waals surface area contributed by atoms with Crippen molar-refractivity contribution in [3.05, 3.63) is 61.3 Å². The number of piperidine rings is 1. The molecule has 2 saturated heterocycles. The molecule has 2 aliphatic heterocycles. The number of hydrogen-bond acceptors (Lipinski definition) is 3. The van der Waals surface area contributed by atoms with Crippen LogP contribution < -0.4 is 5.73 Å². The van der Waals surface area contributed by atoms with Gasteiger partial charge in [0.05, 0.1) is 5.69 Å². The van der Waals surface area contributed by atoms with Crippen LogP contribution in [0.2, 0.25) is 10.0 Å². The predicted octanol–water partition coefficient (Wildman–Crippen LogP) is 5.55. The van der Waals surface area contributed by atoms with Crippen molar-refractivity contribution < 1.29 is 9.59 Å². The topological polar surface area (TPSA) is 79.5 Å². The summed E-state index contributed by atoms with van der Waals surface area (Å²) in [5.74, 6) is 0.489. The van der Waals surface area contributed by atoms with Crippen LogP contribution in [0.5, 0.6) is 0 Å². The first-order valence-electron chi connectivity index (χ1n) is 12.3. The molecule has 9 heteroatoms. The molecule has 5 rings (SSSR count). The van der Waals surface area contributed by atoms with Crippen molar-refractivity contribution in [3.63, 3.8) is 0 Å². The zero-order valence-electron chi connectivity index (χ0n) is 19.5. The van der Waals surface area contributed by atoms with Crippen LogP contribution in [0.25, 0.3) is 0 Å². The second-order valence-electron chi connectivity index (χ2n) is 9.89. The largest absolute Gasteiger partial charge is 0.351 e. The Morgan fingerprint density at radius 1 is 1.06 bits per heavy atom. The summed E-state index contributed by atoms with van der Waals surface area (Å²) in [7, 11) is 0. The maximum Gasteiger partial charge on any atom is 0.315 e. The highest BCUT2D eigenvalue weighted by Gasteiger charge is 2.37. The molecule has 1 aromatic heterocycles. The Morgan fingerprint density at radius 3 is 2.54 bits per heavy atom. The van der Waals surface area contributed by atoms with Gasteiger partial charge in [0.15, 0.2) is 0 Å². The molecular formula is C26H29BrCl2N4O2. The van der Waals surface area contributed by atoms with Gasteiger partial charge < -0.3 is 15.5 Å². The summed E-state index contributed by atoms with van der Waals surface area (Å²) in [5.41, 5.74) is 10.1. The average Bonchev–Trinajstić information content (AvgIpc) is 3.22. The minimum Gasteiger partial charge on any atom is -0.351 e. The van der Waals surface area contributed by atoms with Gasteiger partial charge in [-0.1, -0.05) is 23.2 Å². The van der Waals surface area contributed by atoms with Crippen molar-refractivity contribution in [1.29, 1.82) is 0 Å². The van der Waals surface area contributed by atoms with Crippen LogP contribution >= 0.6 is 39.1 Å². The third-order valence-electron chi connectivity index (χ3n) is 7.85. The molecule has 0 spiro atoms. The molecule has 35 heavy (non-hydrogen) atoms. The van der Waals surface area contributed by atoms with Gasteiger partial charge in [0.1, 0.15) is 0 Å². The van der Waals surface area contributed by atoms with Gasteiger partial charge in [-0.05, 0) is 95.3 Å². The zero-order valence-corrected chi connectivity index (χ0v) is 22.6. The molecule has 0 saturated carbocycles. The quantitative estimate of drug-likeness (QED) is 0.517. The number of rotatable bonds is 3. The van der Waals surface area contributed by atoms with Gasteiger partial charge in [-0.3, -0.25) is 9.78 Å². The minimum absolute atomic E-state index is 0.0674. The molecule has 1 aromatic carbocycles. The summed E-state index contributed by atoms with van der Waals surface area (Å²) in [6.45, 7) is 2.02. The predicted molar refractivity (Wildman–Crippen MR) is 141 cm³/mol. The van der Waals surface area contributed by atoms with Gasteiger partial charge in [-0.15, -0.1) is 0 Å². The molecule has 3 heterocycles. The summed E-state index contributed by atoms with van der Waals surface area (Å²) < 4.78 is 0.974. The number of hydrogen-bond donors (Lipinski definition) is 1. The second-order valence-corrected chi connectivity index (χ2v) is 11.6. The van der Waals surface area contributed by atoms with E-state index in [1.165, 1.54) is 11.1 Å². The van der Waals surface area contributed by atoms with E-state index in [9.17, 15) is 9.59 Å². The van der Waals surface area contributed by atoms with Gasteiger partial charge in [0.2, 0.25) is 5.91 Å². The Labute approximate surface area is 224 Å². The fourth-order valence-corrected chi connectivity index (χ4v) is 7.21. The highest BCUT2D eigenvalue weighted by atomic mass is 79.9. The van der Waals surface area contributed by atoms with Gasteiger partial charge in [-0.2, -0.15) is 0 Å². The van der Waals surface area contributed by atoms with E-state index in [1.807, 2.05) is 23.2 Å². The summed E-state index contributed by atoms with van der Waals surface area (Å²) in [5, 5.41) is 1.35. The Hall–Kier alpha value is -1.83. The van der Waals surface area contributed by atoms with E-state index in [-0.39, 0.29) is 17.9 Å². The third kappa shape index (κ3) is 5.05. The summed E-state index contributed by atoms with van der Waals surface area (Å²) in [4.78, 5) is 33.2. The fourth-order valence-electron chi connectivity index (χ4n) is 6.18. The second kappa shape index (κ2) is 10.3. The van der Waals surface area contributed by atoms with Gasteiger partial charge in [0.25, 0.3) is 0 Å². The number of fused-ring (bicyclic) bond motifs is 2. The summed E-state index contributed by atoms with van der Waals surface area (Å²) >= 11 is 16.8. The van der Waals surface area contributed by atoms with Crippen molar-refractivity contribution in [3.8, 4) is 0 Å². The monoisotopic (exact) mass is 578 g/mol. The van der Waals surface area contributed by atoms with Crippen LogP contribution in [-0.2, 0) is 17.6 Å². The van der Waals surface area contributed by atoms with Gasteiger partial charge in [0, 0.05) is 58.7 Å².